The highest BCUT2D eigenvalue weighted by molar-refractivity contribution is 6.04. The highest BCUT2D eigenvalue weighted by Gasteiger charge is 2.16. The molecule has 0 spiro atoms. The monoisotopic (exact) mass is 334 g/mol. The van der Waals surface area contributed by atoms with E-state index in [0.29, 0.717) is 0 Å². The Balaban J connectivity index is 1.87. The van der Waals surface area contributed by atoms with Crippen molar-refractivity contribution in [2.24, 2.45) is 0 Å². The number of nitrogens with zero attached hydrogens (tertiary/aromatic N) is 1. The summed E-state index contributed by atoms with van der Waals surface area (Å²) >= 11 is 0. The second-order valence-electron chi connectivity index (χ2n) is 6.63. The zero-order valence-electron chi connectivity index (χ0n) is 14.5. The number of rotatable bonds is 2. The molecule has 0 unspecified atom stereocenters. The average Bonchev–Trinajstić information content (AvgIpc) is 3.08. The maximum atomic E-state index is 4.99. The lowest BCUT2D eigenvalue weighted by molar-refractivity contribution is 1.36. The van der Waals surface area contributed by atoms with Crippen LogP contribution in [0.3, 0.4) is 0 Å². The molecular weight excluding hydrogens is 316 g/mol. The predicted molar refractivity (Wildman–Crippen MR) is 109 cm³/mol. The number of para-hydroxylation sites is 2. The first-order valence-corrected chi connectivity index (χ1v) is 8.84. The molecule has 0 saturated carbocycles. The molecule has 0 atom stereocenters. The summed E-state index contributed by atoms with van der Waals surface area (Å²) in [6, 6.07) is 29.4. The van der Waals surface area contributed by atoms with Gasteiger partial charge in [0.2, 0.25) is 0 Å². The number of hydrogen-bond acceptors (Lipinski definition) is 1. The molecule has 2 heteroatoms. The first-order valence-electron chi connectivity index (χ1n) is 8.84. The van der Waals surface area contributed by atoms with E-state index in [4.69, 9.17) is 4.98 Å². The summed E-state index contributed by atoms with van der Waals surface area (Å²) in [5.41, 5.74) is 7.88. The van der Waals surface area contributed by atoms with Crippen molar-refractivity contribution in [2.75, 3.05) is 0 Å². The van der Waals surface area contributed by atoms with Crippen LogP contribution in [0, 0.1) is 6.92 Å². The topological polar surface area (TPSA) is 28.7 Å². The molecule has 26 heavy (non-hydrogen) atoms. The molecule has 0 radical (unpaired) electrons. The molecule has 0 aliphatic carbocycles. The quantitative estimate of drug-likeness (QED) is 0.400. The number of pyridine rings is 1. The Labute approximate surface area is 152 Å². The third-order valence-corrected chi connectivity index (χ3v) is 4.95. The van der Waals surface area contributed by atoms with Crippen LogP contribution in [0.4, 0.5) is 0 Å². The molecule has 0 amide bonds. The molecule has 0 aliphatic heterocycles. The molecule has 0 saturated heterocycles. The Hall–Kier alpha value is -3.39. The maximum Gasteiger partial charge on any atom is 0.0740 e. The van der Waals surface area contributed by atoms with Crippen molar-refractivity contribution in [1.29, 1.82) is 0 Å². The van der Waals surface area contributed by atoms with Crippen molar-refractivity contribution in [2.45, 2.75) is 6.92 Å². The van der Waals surface area contributed by atoms with E-state index >= 15 is 0 Å². The van der Waals surface area contributed by atoms with Crippen LogP contribution in [0.5, 0.6) is 0 Å². The Bertz CT molecular complexity index is 1230. The van der Waals surface area contributed by atoms with Gasteiger partial charge in [-0.15, -0.1) is 0 Å². The number of aromatic nitrogens is 2. The van der Waals surface area contributed by atoms with Crippen LogP contribution < -0.4 is 0 Å². The van der Waals surface area contributed by atoms with Gasteiger partial charge in [0.1, 0.15) is 0 Å². The second-order valence-corrected chi connectivity index (χ2v) is 6.63. The summed E-state index contributed by atoms with van der Waals surface area (Å²) in [4.78, 5) is 8.60. The number of H-pyrrole nitrogens is 1. The third kappa shape index (κ3) is 2.31. The van der Waals surface area contributed by atoms with Crippen molar-refractivity contribution in [1.82, 2.24) is 9.97 Å². The van der Waals surface area contributed by atoms with Gasteiger partial charge in [0.15, 0.2) is 0 Å². The number of benzene rings is 3. The minimum atomic E-state index is 1.01. The normalized spacial score (nSPS) is 11.3. The van der Waals surface area contributed by atoms with Gasteiger partial charge in [-0.3, -0.25) is 0 Å². The molecule has 2 aromatic heterocycles. The summed E-state index contributed by atoms with van der Waals surface area (Å²) in [6.45, 7) is 2.16. The van der Waals surface area contributed by atoms with Crippen LogP contribution >= 0.6 is 0 Å². The van der Waals surface area contributed by atoms with Gasteiger partial charge in [0.05, 0.1) is 16.9 Å². The van der Waals surface area contributed by atoms with Crippen LogP contribution in [-0.4, -0.2) is 9.97 Å². The molecule has 2 nitrogen and oxygen atoms in total. The fourth-order valence-electron chi connectivity index (χ4n) is 3.71. The Morgan fingerprint density at radius 2 is 1.42 bits per heavy atom. The van der Waals surface area contributed by atoms with E-state index in [0.717, 1.165) is 22.4 Å². The van der Waals surface area contributed by atoms with Gasteiger partial charge >= 0.3 is 0 Å². The standard InChI is InChI=1S/C24H18N2/c1-16-15-22(25-20-13-7-5-11-18(16)20)23-19-12-6-8-14-21(19)26-24(23)17-9-3-2-4-10-17/h2-15,26H,1H3. The van der Waals surface area contributed by atoms with E-state index in [2.05, 4.69) is 84.7 Å². The summed E-state index contributed by atoms with van der Waals surface area (Å²) < 4.78 is 0. The third-order valence-electron chi connectivity index (χ3n) is 4.95. The Morgan fingerprint density at radius 3 is 2.27 bits per heavy atom. The fraction of sp³-hybridized carbons (Fsp3) is 0.0417. The Morgan fingerprint density at radius 1 is 0.731 bits per heavy atom. The number of aryl methyl sites for hydroxylation is 1. The molecule has 0 bridgehead atoms. The lowest BCUT2D eigenvalue weighted by Crippen LogP contribution is -1.90. The van der Waals surface area contributed by atoms with Crippen molar-refractivity contribution >= 4 is 21.8 Å². The summed E-state index contributed by atoms with van der Waals surface area (Å²) in [5.74, 6) is 0. The first kappa shape index (κ1) is 14.9. The number of nitrogens with one attached hydrogen (secondary N) is 1. The molecule has 0 aliphatic rings. The second kappa shape index (κ2) is 5.85. The number of fused-ring (bicyclic) bond motifs is 2. The zero-order valence-corrected chi connectivity index (χ0v) is 14.5. The van der Waals surface area contributed by atoms with E-state index < -0.39 is 0 Å². The van der Waals surface area contributed by atoms with Gasteiger partial charge in [-0.2, -0.15) is 0 Å². The summed E-state index contributed by atoms with van der Waals surface area (Å²) in [7, 11) is 0. The Kier molecular flexibility index (Phi) is 3.36. The molecule has 3 aromatic carbocycles. The summed E-state index contributed by atoms with van der Waals surface area (Å²) in [6.07, 6.45) is 0. The number of aromatic amines is 1. The van der Waals surface area contributed by atoms with Gasteiger partial charge < -0.3 is 4.98 Å². The van der Waals surface area contributed by atoms with Crippen LogP contribution in [0.2, 0.25) is 0 Å². The van der Waals surface area contributed by atoms with Crippen molar-refractivity contribution < 1.29 is 0 Å². The molecule has 5 rings (SSSR count). The highest BCUT2D eigenvalue weighted by atomic mass is 14.8. The van der Waals surface area contributed by atoms with E-state index in [-0.39, 0.29) is 0 Å². The first-order chi connectivity index (χ1) is 12.8. The molecule has 5 aromatic rings. The minimum absolute atomic E-state index is 1.01. The van der Waals surface area contributed by atoms with E-state index in [1.165, 1.54) is 27.5 Å². The van der Waals surface area contributed by atoms with E-state index in [1.54, 1.807) is 0 Å². The SMILES string of the molecule is Cc1cc(-c2c(-c3ccccc3)[nH]c3ccccc23)nc2ccccc12. The zero-order chi connectivity index (χ0) is 17.5. The lowest BCUT2D eigenvalue weighted by atomic mass is 9.99. The minimum Gasteiger partial charge on any atom is -0.354 e. The number of hydrogen-bond donors (Lipinski definition) is 1. The van der Waals surface area contributed by atoms with Gasteiger partial charge in [0, 0.05) is 21.9 Å². The lowest BCUT2D eigenvalue weighted by Gasteiger charge is -2.09. The highest BCUT2D eigenvalue weighted by Crippen LogP contribution is 2.38. The van der Waals surface area contributed by atoms with Crippen LogP contribution in [-0.2, 0) is 0 Å². The van der Waals surface area contributed by atoms with Crippen molar-refractivity contribution in [3.05, 3.63) is 90.5 Å². The largest absolute Gasteiger partial charge is 0.354 e. The van der Waals surface area contributed by atoms with Gasteiger partial charge in [-0.25, -0.2) is 4.98 Å². The average molecular weight is 334 g/mol. The molecule has 0 fully saturated rings. The van der Waals surface area contributed by atoms with Gasteiger partial charge in [-0.1, -0.05) is 66.7 Å². The molecule has 2 heterocycles. The van der Waals surface area contributed by atoms with Crippen molar-refractivity contribution in [3.8, 4) is 22.5 Å². The predicted octanol–water partition coefficient (Wildman–Crippen LogP) is 6.36. The van der Waals surface area contributed by atoms with E-state index in [1.807, 2.05) is 12.1 Å². The van der Waals surface area contributed by atoms with Crippen molar-refractivity contribution in [3.63, 3.8) is 0 Å². The molecule has 124 valence electrons. The van der Waals surface area contributed by atoms with Crippen LogP contribution in [0.25, 0.3) is 44.3 Å². The van der Waals surface area contributed by atoms with Gasteiger partial charge in [-0.05, 0) is 36.2 Å². The van der Waals surface area contributed by atoms with Crippen LogP contribution in [0.15, 0.2) is 84.9 Å². The van der Waals surface area contributed by atoms with E-state index in [9.17, 15) is 0 Å². The summed E-state index contributed by atoms with van der Waals surface area (Å²) in [5, 5.41) is 2.41. The molecule has 1 N–H and O–H groups in total. The smallest absolute Gasteiger partial charge is 0.0740 e. The fourth-order valence-corrected chi connectivity index (χ4v) is 3.71. The van der Waals surface area contributed by atoms with Gasteiger partial charge in [0.25, 0.3) is 0 Å². The maximum absolute atomic E-state index is 4.99. The van der Waals surface area contributed by atoms with Crippen LogP contribution in [0.1, 0.15) is 5.56 Å². The molecular formula is C24H18N2.